The predicted molar refractivity (Wildman–Crippen MR) is 85.5 cm³/mol. The highest BCUT2D eigenvalue weighted by molar-refractivity contribution is 5.41. The fourth-order valence-electron chi connectivity index (χ4n) is 2.80. The van der Waals surface area contributed by atoms with Crippen molar-refractivity contribution in [3.63, 3.8) is 0 Å². The molecule has 6 nitrogen and oxygen atoms in total. The molecule has 0 spiro atoms. The zero-order valence-electron chi connectivity index (χ0n) is 13.7. The van der Waals surface area contributed by atoms with Crippen molar-refractivity contribution in [1.82, 2.24) is 19.7 Å². The van der Waals surface area contributed by atoms with E-state index in [0.717, 1.165) is 49.1 Å². The highest BCUT2D eigenvalue weighted by Gasteiger charge is 2.31. The lowest BCUT2D eigenvalue weighted by molar-refractivity contribution is -0.0443. The Morgan fingerprint density at radius 2 is 2.05 bits per heavy atom. The van der Waals surface area contributed by atoms with Crippen molar-refractivity contribution in [3.8, 4) is 5.82 Å². The Morgan fingerprint density at radius 1 is 1.27 bits per heavy atom. The molecule has 1 unspecified atom stereocenters. The quantitative estimate of drug-likeness (QED) is 0.870. The predicted octanol–water partition coefficient (Wildman–Crippen LogP) is 2.28. The van der Waals surface area contributed by atoms with Gasteiger partial charge in [0.15, 0.2) is 5.82 Å². The molecule has 6 heteroatoms. The molecular formula is C16H23N5O. The molecule has 0 aliphatic carbocycles. The Labute approximate surface area is 131 Å². The smallest absolute Gasteiger partial charge is 0.174 e. The van der Waals surface area contributed by atoms with Crippen LogP contribution in [0, 0.1) is 13.8 Å². The van der Waals surface area contributed by atoms with Gasteiger partial charge in [0.05, 0.1) is 30.3 Å². The largest absolute Gasteiger partial charge is 0.372 e. The number of ether oxygens (including phenoxy) is 1. The second-order valence-electron chi connectivity index (χ2n) is 6.15. The van der Waals surface area contributed by atoms with Crippen molar-refractivity contribution in [3.05, 3.63) is 29.8 Å². The van der Waals surface area contributed by atoms with Gasteiger partial charge in [-0.2, -0.15) is 5.10 Å². The van der Waals surface area contributed by atoms with E-state index in [1.165, 1.54) is 0 Å². The van der Waals surface area contributed by atoms with Crippen LogP contribution < -0.4 is 4.90 Å². The number of hydrogen-bond donors (Lipinski definition) is 0. The summed E-state index contributed by atoms with van der Waals surface area (Å²) >= 11 is 0. The third-order valence-corrected chi connectivity index (χ3v) is 4.24. The average molecular weight is 301 g/mol. The molecule has 0 amide bonds. The molecule has 22 heavy (non-hydrogen) atoms. The molecule has 1 atom stereocenters. The maximum atomic E-state index is 5.90. The van der Waals surface area contributed by atoms with Crippen LogP contribution in [0.3, 0.4) is 0 Å². The van der Waals surface area contributed by atoms with Crippen LogP contribution in [-0.4, -0.2) is 45.0 Å². The number of aromatic nitrogens is 4. The lowest BCUT2D eigenvalue weighted by Gasteiger charge is -2.40. The molecule has 0 radical (unpaired) electrons. The molecular weight excluding hydrogens is 278 g/mol. The highest BCUT2D eigenvalue weighted by Crippen LogP contribution is 2.24. The molecule has 0 aromatic carbocycles. The standard InChI is InChI=1S/C16H23N5O/c1-5-16(4)11-20(6-7-22-16)14-9-17-10-15(18-14)21-13(3)8-12(2)19-21/h8-10H,5-7,11H2,1-4H3. The summed E-state index contributed by atoms with van der Waals surface area (Å²) in [6.07, 6.45) is 4.55. The molecule has 3 heterocycles. The minimum absolute atomic E-state index is 0.117. The normalized spacial score (nSPS) is 22.1. The molecule has 0 saturated carbocycles. The summed E-state index contributed by atoms with van der Waals surface area (Å²) in [5.41, 5.74) is 1.92. The van der Waals surface area contributed by atoms with Crippen LogP contribution in [0.4, 0.5) is 5.82 Å². The summed E-state index contributed by atoms with van der Waals surface area (Å²) in [7, 11) is 0. The van der Waals surface area contributed by atoms with Gasteiger partial charge >= 0.3 is 0 Å². The Morgan fingerprint density at radius 3 is 2.73 bits per heavy atom. The second kappa shape index (κ2) is 5.68. The van der Waals surface area contributed by atoms with E-state index in [0.29, 0.717) is 0 Å². The van der Waals surface area contributed by atoms with Crippen molar-refractivity contribution >= 4 is 5.82 Å². The number of aryl methyl sites for hydroxylation is 2. The first-order valence-electron chi connectivity index (χ1n) is 7.75. The zero-order valence-corrected chi connectivity index (χ0v) is 13.7. The van der Waals surface area contributed by atoms with Crippen molar-refractivity contribution in [1.29, 1.82) is 0 Å². The molecule has 2 aromatic rings. The van der Waals surface area contributed by atoms with Crippen molar-refractivity contribution in [2.24, 2.45) is 0 Å². The number of nitrogens with zero attached hydrogens (tertiary/aromatic N) is 5. The minimum atomic E-state index is -0.117. The number of anilines is 1. The van der Waals surface area contributed by atoms with E-state index >= 15 is 0 Å². The van der Waals surface area contributed by atoms with E-state index in [4.69, 9.17) is 9.72 Å². The Balaban J connectivity index is 1.90. The van der Waals surface area contributed by atoms with Crippen molar-refractivity contribution < 1.29 is 4.74 Å². The minimum Gasteiger partial charge on any atom is -0.372 e. The van der Waals surface area contributed by atoms with Crippen LogP contribution >= 0.6 is 0 Å². The first-order valence-corrected chi connectivity index (χ1v) is 7.75. The summed E-state index contributed by atoms with van der Waals surface area (Å²) in [5, 5.41) is 4.48. The van der Waals surface area contributed by atoms with E-state index in [1.54, 1.807) is 6.20 Å². The number of hydrogen-bond acceptors (Lipinski definition) is 5. The summed E-state index contributed by atoms with van der Waals surface area (Å²) in [4.78, 5) is 11.3. The Hall–Kier alpha value is -1.95. The Bertz CT molecular complexity index is 668. The maximum absolute atomic E-state index is 5.90. The van der Waals surface area contributed by atoms with Crippen LogP contribution in [0.2, 0.25) is 0 Å². The fourth-order valence-corrected chi connectivity index (χ4v) is 2.80. The van der Waals surface area contributed by atoms with Gasteiger partial charge in [0.1, 0.15) is 5.82 Å². The van der Waals surface area contributed by atoms with Gasteiger partial charge in [-0.15, -0.1) is 0 Å². The molecule has 1 aliphatic heterocycles. The van der Waals surface area contributed by atoms with Gasteiger partial charge in [-0.25, -0.2) is 9.67 Å². The summed E-state index contributed by atoms with van der Waals surface area (Å²) in [6, 6.07) is 2.04. The lowest BCUT2D eigenvalue weighted by atomic mass is 10.0. The van der Waals surface area contributed by atoms with E-state index in [-0.39, 0.29) is 5.60 Å². The van der Waals surface area contributed by atoms with Gasteiger partial charge in [-0.1, -0.05) is 6.92 Å². The zero-order chi connectivity index (χ0) is 15.7. The molecule has 1 fully saturated rings. The summed E-state index contributed by atoms with van der Waals surface area (Å²) in [5.74, 6) is 1.64. The third-order valence-electron chi connectivity index (χ3n) is 4.24. The van der Waals surface area contributed by atoms with Crippen molar-refractivity contribution in [2.75, 3.05) is 24.6 Å². The van der Waals surface area contributed by atoms with Gasteiger partial charge in [-0.05, 0) is 33.3 Å². The second-order valence-corrected chi connectivity index (χ2v) is 6.15. The fraction of sp³-hybridized carbons (Fsp3) is 0.562. The maximum Gasteiger partial charge on any atom is 0.174 e. The van der Waals surface area contributed by atoms with Gasteiger partial charge in [-0.3, -0.25) is 4.98 Å². The molecule has 1 saturated heterocycles. The molecule has 0 N–H and O–H groups in total. The van der Waals surface area contributed by atoms with Crippen LogP contribution in [0.1, 0.15) is 31.7 Å². The molecule has 2 aromatic heterocycles. The van der Waals surface area contributed by atoms with Gasteiger partial charge in [0, 0.05) is 18.8 Å². The first kappa shape index (κ1) is 15.0. The van der Waals surface area contributed by atoms with E-state index in [9.17, 15) is 0 Å². The van der Waals surface area contributed by atoms with Gasteiger partial charge in [0.2, 0.25) is 0 Å². The summed E-state index contributed by atoms with van der Waals surface area (Å²) < 4.78 is 7.73. The molecule has 118 valence electrons. The van der Waals surface area contributed by atoms with Crippen LogP contribution in [0.5, 0.6) is 0 Å². The first-order chi connectivity index (χ1) is 10.5. The lowest BCUT2D eigenvalue weighted by Crippen LogP contribution is -2.50. The average Bonchev–Trinajstić information content (AvgIpc) is 2.86. The number of morpholine rings is 1. The van der Waals surface area contributed by atoms with E-state index < -0.39 is 0 Å². The van der Waals surface area contributed by atoms with Crippen molar-refractivity contribution in [2.45, 2.75) is 39.7 Å². The van der Waals surface area contributed by atoms with E-state index in [1.807, 2.05) is 30.8 Å². The van der Waals surface area contributed by atoms with Gasteiger partial charge in [0.25, 0.3) is 0 Å². The Kier molecular flexibility index (Phi) is 3.87. The summed E-state index contributed by atoms with van der Waals surface area (Å²) in [6.45, 7) is 10.7. The SMILES string of the molecule is CCC1(C)CN(c2cncc(-n3nc(C)cc3C)n2)CCO1. The van der Waals surface area contributed by atoms with E-state index in [2.05, 4.69) is 28.8 Å². The number of rotatable bonds is 3. The van der Waals surface area contributed by atoms with Crippen LogP contribution in [0.15, 0.2) is 18.5 Å². The third kappa shape index (κ3) is 2.83. The monoisotopic (exact) mass is 301 g/mol. The highest BCUT2D eigenvalue weighted by atomic mass is 16.5. The molecule has 1 aliphatic rings. The topological polar surface area (TPSA) is 56.1 Å². The van der Waals surface area contributed by atoms with Crippen LogP contribution in [-0.2, 0) is 4.74 Å². The molecule has 0 bridgehead atoms. The van der Waals surface area contributed by atoms with Gasteiger partial charge < -0.3 is 9.64 Å². The molecule has 3 rings (SSSR count). The van der Waals surface area contributed by atoms with Crippen LogP contribution in [0.25, 0.3) is 5.82 Å².